The Balaban J connectivity index is 1.77. The fraction of sp³-hybridized carbons (Fsp3) is 0.364. The van der Waals surface area contributed by atoms with Crippen LogP contribution in [-0.2, 0) is 9.57 Å². The van der Waals surface area contributed by atoms with Crippen molar-refractivity contribution in [3.05, 3.63) is 59.7 Å². The number of oxime groups is 1. The van der Waals surface area contributed by atoms with Crippen molar-refractivity contribution in [2.75, 3.05) is 33.5 Å². The highest BCUT2D eigenvalue weighted by atomic mass is 16.6. The molecule has 1 heterocycles. The molecule has 0 spiro atoms. The number of carbonyl (C=O) groups excluding carboxylic acids is 1. The maximum Gasteiger partial charge on any atom is 0.254 e. The van der Waals surface area contributed by atoms with E-state index in [0.717, 1.165) is 16.8 Å². The molecule has 1 atom stereocenters. The second-order valence-corrected chi connectivity index (χ2v) is 6.82. The lowest BCUT2D eigenvalue weighted by Crippen LogP contribution is -2.38. The van der Waals surface area contributed by atoms with Crippen molar-refractivity contribution >= 4 is 11.6 Å². The number of hydrogen-bond donors (Lipinski definition) is 1. The predicted octanol–water partition coefficient (Wildman–Crippen LogP) is 2.89. The SMILES string of the molecule is CON=C1CC(COCCO)N(C(=O)c2ccc(-c3ccccc3C)cc2)C1. The third-order valence-corrected chi connectivity index (χ3v) is 4.88. The van der Waals surface area contributed by atoms with Crippen LogP contribution in [0.4, 0.5) is 0 Å². The number of aliphatic hydroxyl groups is 1. The van der Waals surface area contributed by atoms with Crippen LogP contribution < -0.4 is 0 Å². The fourth-order valence-corrected chi connectivity index (χ4v) is 3.49. The van der Waals surface area contributed by atoms with Gasteiger partial charge in [0.15, 0.2) is 0 Å². The third kappa shape index (κ3) is 4.58. The molecule has 0 radical (unpaired) electrons. The van der Waals surface area contributed by atoms with Crippen molar-refractivity contribution in [1.82, 2.24) is 4.90 Å². The van der Waals surface area contributed by atoms with Crippen molar-refractivity contribution in [2.45, 2.75) is 19.4 Å². The van der Waals surface area contributed by atoms with Crippen LogP contribution in [0, 0.1) is 6.92 Å². The van der Waals surface area contributed by atoms with Gasteiger partial charge in [0.1, 0.15) is 7.11 Å². The van der Waals surface area contributed by atoms with Crippen LogP contribution in [0.1, 0.15) is 22.3 Å². The van der Waals surface area contributed by atoms with E-state index in [-0.39, 0.29) is 25.2 Å². The zero-order chi connectivity index (χ0) is 19.9. The van der Waals surface area contributed by atoms with E-state index in [1.165, 1.54) is 12.7 Å². The van der Waals surface area contributed by atoms with Gasteiger partial charge in [0.25, 0.3) is 5.91 Å². The highest BCUT2D eigenvalue weighted by Gasteiger charge is 2.34. The van der Waals surface area contributed by atoms with Gasteiger partial charge in [0, 0.05) is 12.0 Å². The van der Waals surface area contributed by atoms with Crippen LogP contribution in [0.25, 0.3) is 11.1 Å². The summed E-state index contributed by atoms with van der Waals surface area (Å²) >= 11 is 0. The van der Waals surface area contributed by atoms with Crippen molar-refractivity contribution in [2.24, 2.45) is 5.16 Å². The highest BCUT2D eigenvalue weighted by Crippen LogP contribution is 2.25. The summed E-state index contributed by atoms with van der Waals surface area (Å²) in [5, 5.41) is 12.9. The lowest BCUT2D eigenvalue weighted by atomic mass is 9.99. The number of carbonyl (C=O) groups is 1. The second-order valence-electron chi connectivity index (χ2n) is 6.82. The van der Waals surface area contributed by atoms with E-state index >= 15 is 0 Å². The number of nitrogens with zero attached hydrogens (tertiary/aromatic N) is 2. The molecule has 1 amide bonds. The molecule has 28 heavy (non-hydrogen) atoms. The van der Waals surface area contributed by atoms with Gasteiger partial charge in [-0.05, 0) is 35.7 Å². The molecule has 6 nitrogen and oxygen atoms in total. The van der Waals surface area contributed by atoms with Crippen molar-refractivity contribution in [3.63, 3.8) is 0 Å². The van der Waals surface area contributed by atoms with Crippen LogP contribution in [0.2, 0.25) is 0 Å². The summed E-state index contributed by atoms with van der Waals surface area (Å²) in [7, 11) is 1.50. The molecular weight excluding hydrogens is 356 g/mol. The second kappa shape index (κ2) is 9.48. The third-order valence-electron chi connectivity index (χ3n) is 4.88. The number of amides is 1. The van der Waals surface area contributed by atoms with Crippen molar-refractivity contribution < 1.29 is 19.5 Å². The van der Waals surface area contributed by atoms with Gasteiger partial charge in [-0.3, -0.25) is 4.79 Å². The standard InChI is InChI=1S/C22H26N2O4/c1-16-5-3-4-6-21(16)17-7-9-18(10-8-17)22(26)24-14-19(23-27-2)13-20(24)15-28-12-11-25/h3-10,20,25H,11-15H2,1-2H3. The van der Waals surface area contributed by atoms with E-state index in [1.54, 1.807) is 4.90 Å². The molecule has 0 aliphatic carbocycles. The molecule has 0 aromatic heterocycles. The summed E-state index contributed by atoms with van der Waals surface area (Å²) in [6.07, 6.45) is 0.603. The molecule has 3 rings (SSSR count). The summed E-state index contributed by atoms with van der Waals surface area (Å²) in [4.78, 5) is 19.7. The largest absolute Gasteiger partial charge is 0.399 e. The molecular formula is C22H26N2O4. The molecule has 1 saturated heterocycles. The van der Waals surface area contributed by atoms with Gasteiger partial charge < -0.3 is 19.6 Å². The first-order chi connectivity index (χ1) is 13.6. The fourth-order valence-electron chi connectivity index (χ4n) is 3.49. The molecule has 1 N–H and O–H groups in total. The molecule has 1 aliphatic rings. The Hall–Kier alpha value is -2.70. The number of aliphatic hydroxyl groups excluding tert-OH is 1. The smallest absolute Gasteiger partial charge is 0.254 e. The van der Waals surface area contributed by atoms with E-state index < -0.39 is 0 Å². The monoisotopic (exact) mass is 382 g/mol. The van der Waals surface area contributed by atoms with E-state index in [9.17, 15) is 4.79 Å². The Morgan fingerprint density at radius 2 is 1.96 bits per heavy atom. The van der Waals surface area contributed by atoms with E-state index in [1.807, 2.05) is 36.4 Å². The summed E-state index contributed by atoms with van der Waals surface area (Å²) in [6, 6.07) is 15.7. The number of likely N-dealkylation sites (tertiary alicyclic amines) is 1. The Labute approximate surface area is 165 Å². The lowest BCUT2D eigenvalue weighted by Gasteiger charge is -2.24. The Kier molecular flexibility index (Phi) is 6.79. The average molecular weight is 382 g/mol. The maximum atomic E-state index is 13.1. The number of aryl methyl sites for hydroxylation is 1. The average Bonchev–Trinajstić information content (AvgIpc) is 3.11. The molecule has 1 fully saturated rings. The molecule has 148 valence electrons. The number of rotatable bonds is 7. The Bertz CT molecular complexity index is 833. The zero-order valence-electron chi connectivity index (χ0n) is 16.3. The molecule has 0 saturated carbocycles. The van der Waals surface area contributed by atoms with Crippen molar-refractivity contribution in [3.8, 4) is 11.1 Å². The van der Waals surface area contributed by atoms with E-state index in [4.69, 9.17) is 14.7 Å². The molecule has 2 aromatic carbocycles. The maximum absolute atomic E-state index is 13.1. The zero-order valence-corrected chi connectivity index (χ0v) is 16.3. The summed E-state index contributed by atoms with van der Waals surface area (Å²) < 4.78 is 5.46. The van der Waals surface area contributed by atoms with Gasteiger partial charge in [-0.15, -0.1) is 0 Å². The molecule has 2 aromatic rings. The molecule has 1 unspecified atom stereocenters. The van der Waals surface area contributed by atoms with Crippen LogP contribution in [0.15, 0.2) is 53.7 Å². The molecule has 0 bridgehead atoms. The van der Waals surface area contributed by atoms with Crippen LogP contribution in [0.3, 0.4) is 0 Å². The van der Waals surface area contributed by atoms with Crippen LogP contribution in [-0.4, -0.2) is 61.1 Å². The van der Waals surface area contributed by atoms with E-state index in [2.05, 4.69) is 24.2 Å². The van der Waals surface area contributed by atoms with Gasteiger partial charge in [-0.1, -0.05) is 41.6 Å². The topological polar surface area (TPSA) is 71.4 Å². The Morgan fingerprint density at radius 3 is 2.64 bits per heavy atom. The number of hydrogen-bond acceptors (Lipinski definition) is 5. The minimum atomic E-state index is -0.121. The van der Waals surface area contributed by atoms with Gasteiger partial charge >= 0.3 is 0 Å². The normalized spacial score (nSPS) is 17.9. The first-order valence-corrected chi connectivity index (χ1v) is 9.38. The van der Waals surface area contributed by atoms with Crippen molar-refractivity contribution in [1.29, 1.82) is 0 Å². The quantitative estimate of drug-likeness (QED) is 0.590. The van der Waals surface area contributed by atoms with Gasteiger partial charge in [-0.2, -0.15) is 0 Å². The van der Waals surface area contributed by atoms with E-state index in [0.29, 0.717) is 25.1 Å². The summed E-state index contributed by atoms with van der Waals surface area (Å²) in [5.74, 6) is -0.0600. The highest BCUT2D eigenvalue weighted by molar-refractivity contribution is 6.00. The van der Waals surface area contributed by atoms with Gasteiger partial charge in [0.05, 0.1) is 38.1 Å². The predicted molar refractivity (Wildman–Crippen MR) is 108 cm³/mol. The van der Waals surface area contributed by atoms with Gasteiger partial charge in [0.2, 0.25) is 0 Å². The molecule has 6 heteroatoms. The minimum absolute atomic E-state index is 0.0416. The van der Waals surface area contributed by atoms with Crippen LogP contribution in [0.5, 0.6) is 0 Å². The first kappa shape index (κ1) is 20.0. The lowest BCUT2D eigenvalue weighted by molar-refractivity contribution is 0.0438. The molecule has 1 aliphatic heterocycles. The van der Waals surface area contributed by atoms with Crippen LogP contribution >= 0.6 is 0 Å². The Morgan fingerprint density at radius 1 is 1.21 bits per heavy atom. The summed E-state index contributed by atoms with van der Waals surface area (Å²) in [6.45, 7) is 3.06. The van der Waals surface area contributed by atoms with Gasteiger partial charge in [-0.25, -0.2) is 0 Å². The number of ether oxygens (including phenoxy) is 1. The summed E-state index contributed by atoms with van der Waals surface area (Å²) in [5.41, 5.74) is 4.88. The first-order valence-electron chi connectivity index (χ1n) is 9.38. The number of benzene rings is 2. The minimum Gasteiger partial charge on any atom is -0.399 e.